The normalized spacial score (nSPS) is 13.8. The van der Waals surface area contributed by atoms with Crippen molar-refractivity contribution in [3.05, 3.63) is 10.7 Å². The van der Waals surface area contributed by atoms with E-state index in [9.17, 15) is 8.58 Å². The fraction of sp³-hybridized carbons (Fsp3) is 0. The van der Waals surface area contributed by atoms with Crippen LogP contribution < -0.4 is 20.2 Å². The summed E-state index contributed by atoms with van der Waals surface area (Å²) >= 11 is -5.71. The third-order valence-electron chi connectivity index (χ3n) is 0.175. The van der Waals surface area contributed by atoms with Crippen LogP contribution in [0.3, 0.4) is 0 Å². The minimum absolute atomic E-state index is 0.118. The van der Waals surface area contributed by atoms with E-state index in [1.54, 1.807) is 0 Å². The van der Waals surface area contributed by atoms with Crippen LogP contribution in [0.1, 0.15) is 0 Å². The first-order valence-electron chi connectivity index (χ1n) is 1.06. The molecule has 0 aromatic carbocycles. The van der Waals surface area contributed by atoms with Gasteiger partial charge in [0.25, 0.3) is 0 Å². The Balaban J connectivity index is 3.45. The van der Waals surface area contributed by atoms with Crippen LogP contribution in [-0.2, 0) is 0 Å². The summed E-state index contributed by atoms with van der Waals surface area (Å²) in [5.74, 6) is 0. The van der Waals surface area contributed by atoms with Gasteiger partial charge in [-0.15, -0.1) is 0 Å². The van der Waals surface area contributed by atoms with Crippen molar-refractivity contribution >= 4 is 0 Å². The fourth-order valence-electron chi connectivity index (χ4n) is 0. The Bertz CT molecular complexity index is 54.3. The summed E-state index contributed by atoms with van der Waals surface area (Å²) < 4.78 is 32.7. The van der Waals surface area contributed by atoms with E-state index in [0.717, 1.165) is 0 Å². The molecule has 0 nitrogen and oxygen atoms in total. The van der Waals surface area contributed by atoms with E-state index in [4.69, 9.17) is 0 Å². The average Bonchev–Trinajstić information content (AvgIpc) is 1.35. The number of rotatable bonds is 1. The van der Waals surface area contributed by atoms with E-state index in [1.165, 1.54) is 0 Å². The quantitative estimate of drug-likeness (QED) is 0.485. The van der Waals surface area contributed by atoms with Gasteiger partial charge >= 0.3 is 39.4 Å². The first-order valence-corrected chi connectivity index (χ1v) is 4.75. The maximum atomic E-state index is 10.8. The van der Waals surface area contributed by atoms with E-state index in [-0.39, 0.29) is 4.08 Å². The van der Waals surface area contributed by atoms with Crippen molar-refractivity contribution < 1.29 is 28.7 Å². The van der Waals surface area contributed by atoms with Gasteiger partial charge in [0.1, 0.15) is 0 Å². The standard InChI is InChI=1S/C2H3F3I/c1-2-6(3,4)5/h2H,1H2/q-1. The van der Waals surface area contributed by atoms with Gasteiger partial charge in [0.15, 0.2) is 0 Å². The molecule has 0 atom stereocenters. The second-order valence-electron chi connectivity index (χ2n) is 0.564. The minimum atomic E-state index is -5.71. The summed E-state index contributed by atoms with van der Waals surface area (Å²) in [5.41, 5.74) is 0. The Morgan fingerprint density at radius 2 is 1.50 bits per heavy atom. The second-order valence-corrected chi connectivity index (χ2v) is 3.78. The summed E-state index contributed by atoms with van der Waals surface area (Å²) in [6.45, 7) is 2.59. The Morgan fingerprint density at radius 1 is 1.33 bits per heavy atom. The Labute approximate surface area is 39.9 Å². The zero-order valence-electron chi connectivity index (χ0n) is 2.80. The van der Waals surface area contributed by atoms with E-state index in [0.29, 0.717) is 0 Å². The van der Waals surface area contributed by atoms with Crippen molar-refractivity contribution in [3.8, 4) is 0 Å². The van der Waals surface area contributed by atoms with Crippen molar-refractivity contribution in [1.29, 1.82) is 0 Å². The zero-order valence-corrected chi connectivity index (χ0v) is 4.95. The van der Waals surface area contributed by atoms with Gasteiger partial charge in [0.05, 0.1) is 0 Å². The summed E-state index contributed by atoms with van der Waals surface area (Å²) in [5, 5.41) is 0. The Hall–Kier alpha value is 0.260. The predicted molar refractivity (Wildman–Crippen MR) is 13.5 cm³/mol. The molecular formula is C2H3F3I-. The number of hydrogen-bond acceptors (Lipinski definition) is 0. The molecule has 0 saturated heterocycles. The van der Waals surface area contributed by atoms with Gasteiger partial charge in [-0.2, -0.15) is 0 Å². The molecule has 0 heterocycles. The third-order valence-corrected chi connectivity index (χ3v) is 1.17. The van der Waals surface area contributed by atoms with Gasteiger partial charge < -0.3 is 0 Å². The maximum absolute atomic E-state index is 10.8. The van der Waals surface area contributed by atoms with Crippen molar-refractivity contribution in [3.63, 3.8) is 0 Å². The fourth-order valence-corrected chi connectivity index (χ4v) is 0. The molecule has 0 rings (SSSR count). The van der Waals surface area contributed by atoms with Crippen LogP contribution in [0.15, 0.2) is 10.7 Å². The van der Waals surface area contributed by atoms with Crippen LogP contribution in [0.4, 0.5) is 8.58 Å². The molecule has 0 bridgehead atoms. The first-order chi connectivity index (χ1) is 2.56. The van der Waals surface area contributed by atoms with Crippen molar-refractivity contribution in [2.75, 3.05) is 0 Å². The number of halogens is 4. The summed E-state index contributed by atoms with van der Waals surface area (Å²) in [6.07, 6.45) is 0. The van der Waals surface area contributed by atoms with Gasteiger partial charge in [0.2, 0.25) is 0 Å². The predicted octanol–water partition coefficient (Wildman–Crippen LogP) is -1.06. The molecule has 0 aliphatic carbocycles. The molecule has 0 saturated carbocycles. The molecule has 0 amide bonds. The zero-order chi connectivity index (χ0) is 5.21. The van der Waals surface area contributed by atoms with Gasteiger partial charge in [-0.25, -0.2) is 0 Å². The summed E-state index contributed by atoms with van der Waals surface area (Å²) in [6, 6.07) is 0. The third kappa shape index (κ3) is 4.26. The topological polar surface area (TPSA) is 0 Å². The molecule has 0 aromatic rings. The van der Waals surface area contributed by atoms with Crippen LogP contribution in [-0.4, -0.2) is 0 Å². The van der Waals surface area contributed by atoms with Crippen molar-refractivity contribution in [2.45, 2.75) is 0 Å². The molecule has 6 heavy (non-hydrogen) atoms. The molecule has 0 N–H and O–H groups in total. The van der Waals surface area contributed by atoms with E-state index >= 15 is 0 Å². The first kappa shape index (κ1) is 6.26. The molecular weight excluding hydrogens is 208 g/mol. The van der Waals surface area contributed by atoms with Crippen LogP contribution in [0.25, 0.3) is 0 Å². The summed E-state index contributed by atoms with van der Waals surface area (Å²) in [7, 11) is 0. The van der Waals surface area contributed by atoms with Gasteiger partial charge in [-0.3, -0.25) is 0 Å². The monoisotopic (exact) mass is 211 g/mol. The molecule has 0 fully saturated rings. The molecule has 4 heteroatoms. The molecule has 40 valence electrons. The van der Waals surface area contributed by atoms with Crippen LogP contribution >= 0.6 is 0 Å². The van der Waals surface area contributed by atoms with E-state index in [2.05, 4.69) is 6.58 Å². The van der Waals surface area contributed by atoms with Crippen molar-refractivity contribution in [2.24, 2.45) is 0 Å². The van der Waals surface area contributed by atoms with E-state index < -0.39 is 20.2 Å². The van der Waals surface area contributed by atoms with Gasteiger partial charge in [0, 0.05) is 0 Å². The van der Waals surface area contributed by atoms with Crippen LogP contribution in [0.2, 0.25) is 0 Å². The van der Waals surface area contributed by atoms with Crippen molar-refractivity contribution in [1.82, 2.24) is 0 Å². The van der Waals surface area contributed by atoms with Crippen LogP contribution in [0, 0.1) is 0 Å². The van der Waals surface area contributed by atoms with Crippen LogP contribution in [0.5, 0.6) is 0 Å². The molecule has 0 aromatic heterocycles. The number of hydrogen-bond donors (Lipinski definition) is 0. The molecule has 0 aliphatic rings. The van der Waals surface area contributed by atoms with Gasteiger partial charge in [-0.1, -0.05) is 0 Å². The SMILES string of the molecule is C=C[I-](F)(F)F. The molecule has 0 spiro atoms. The Kier molecular flexibility index (Phi) is 1.89. The molecule has 0 radical (unpaired) electrons. The summed E-state index contributed by atoms with van der Waals surface area (Å²) in [4.78, 5) is 0. The Morgan fingerprint density at radius 3 is 1.50 bits per heavy atom. The van der Waals surface area contributed by atoms with E-state index in [1.807, 2.05) is 0 Å². The van der Waals surface area contributed by atoms with Gasteiger partial charge in [-0.05, 0) is 0 Å². The average molecular weight is 211 g/mol. The molecule has 0 unspecified atom stereocenters. The molecule has 0 aliphatic heterocycles. The second kappa shape index (κ2) is 1.81.